The third-order valence-electron chi connectivity index (χ3n) is 3.07. The van der Waals surface area contributed by atoms with E-state index in [0.717, 1.165) is 38.9 Å². The van der Waals surface area contributed by atoms with Crippen molar-refractivity contribution in [2.75, 3.05) is 26.7 Å². The molecule has 16 heavy (non-hydrogen) atoms. The van der Waals surface area contributed by atoms with E-state index < -0.39 is 0 Å². The number of amides is 1. The van der Waals surface area contributed by atoms with Gasteiger partial charge in [0.05, 0.1) is 0 Å². The SMILES string of the molecule is [C-]#[N+]C1CC1C(=O)NCCCCN(C)CC. The van der Waals surface area contributed by atoms with Crippen LogP contribution in [0.3, 0.4) is 0 Å². The second kappa shape index (κ2) is 6.49. The lowest BCUT2D eigenvalue weighted by molar-refractivity contribution is -0.122. The maximum absolute atomic E-state index is 11.5. The normalized spacial score (nSPS) is 22.9. The molecule has 0 aliphatic heterocycles. The molecule has 1 N–H and O–H groups in total. The number of carbonyl (C=O) groups excluding carboxylic acids is 1. The maximum atomic E-state index is 11.5. The van der Waals surface area contributed by atoms with Gasteiger partial charge in [-0.05, 0) is 33.0 Å². The molecule has 0 aromatic rings. The summed E-state index contributed by atoms with van der Waals surface area (Å²) in [5.74, 6) is 0.0562. The van der Waals surface area contributed by atoms with E-state index in [-0.39, 0.29) is 17.9 Å². The van der Waals surface area contributed by atoms with Gasteiger partial charge >= 0.3 is 0 Å². The fourth-order valence-electron chi connectivity index (χ4n) is 1.61. The Morgan fingerprint density at radius 3 is 2.88 bits per heavy atom. The number of rotatable bonds is 7. The predicted octanol–water partition coefficient (Wildman–Crippen LogP) is 1.14. The highest BCUT2D eigenvalue weighted by molar-refractivity contribution is 5.82. The predicted molar refractivity (Wildman–Crippen MR) is 63.9 cm³/mol. The van der Waals surface area contributed by atoms with Crippen molar-refractivity contribution >= 4 is 5.91 Å². The highest BCUT2D eigenvalue weighted by Gasteiger charge is 2.49. The maximum Gasteiger partial charge on any atom is 0.236 e. The minimum atomic E-state index is -0.0359. The molecule has 1 aliphatic rings. The molecule has 0 aromatic heterocycles. The van der Waals surface area contributed by atoms with Crippen molar-refractivity contribution in [1.29, 1.82) is 0 Å². The largest absolute Gasteiger partial charge is 0.356 e. The highest BCUT2D eigenvalue weighted by Crippen LogP contribution is 2.33. The molecular formula is C12H21N3O. The first kappa shape index (κ1) is 13.0. The van der Waals surface area contributed by atoms with Crippen LogP contribution >= 0.6 is 0 Å². The first-order valence-electron chi connectivity index (χ1n) is 6.01. The Bertz CT molecular complexity index is 272. The number of carbonyl (C=O) groups is 1. The lowest BCUT2D eigenvalue weighted by atomic mass is 10.3. The minimum Gasteiger partial charge on any atom is -0.356 e. The third kappa shape index (κ3) is 4.19. The quantitative estimate of drug-likeness (QED) is 0.519. The van der Waals surface area contributed by atoms with Gasteiger partial charge in [-0.15, -0.1) is 0 Å². The smallest absolute Gasteiger partial charge is 0.236 e. The van der Waals surface area contributed by atoms with Gasteiger partial charge in [-0.25, -0.2) is 6.57 Å². The van der Waals surface area contributed by atoms with Crippen molar-refractivity contribution in [2.24, 2.45) is 5.92 Å². The molecule has 1 aliphatic carbocycles. The summed E-state index contributed by atoms with van der Waals surface area (Å²) >= 11 is 0. The molecule has 1 amide bonds. The molecule has 1 saturated carbocycles. The lowest BCUT2D eigenvalue weighted by Crippen LogP contribution is -2.27. The molecule has 0 spiro atoms. The summed E-state index contributed by atoms with van der Waals surface area (Å²) in [4.78, 5) is 17.1. The van der Waals surface area contributed by atoms with Crippen molar-refractivity contribution in [3.8, 4) is 0 Å². The molecule has 0 saturated heterocycles. The van der Waals surface area contributed by atoms with Gasteiger partial charge in [-0.2, -0.15) is 0 Å². The summed E-state index contributed by atoms with van der Waals surface area (Å²) < 4.78 is 0. The van der Waals surface area contributed by atoms with E-state index in [0.29, 0.717) is 0 Å². The van der Waals surface area contributed by atoms with Crippen LogP contribution in [0.1, 0.15) is 26.2 Å². The Balaban J connectivity index is 1.96. The van der Waals surface area contributed by atoms with Crippen molar-refractivity contribution in [3.05, 3.63) is 11.4 Å². The molecule has 90 valence electrons. The van der Waals surface area contributed by atoms with Crippen LogP contribution in [-0.2, 0) is 4.79 Å². The van der Waals surface area contributed by atoms with Crippen LogP contribution < -0.4 is 5.32 Å². The van der Waals surface area contributed by atoms with Crippen LogP contribution in [0.4, 0.5) is 0 Å². The van der Waals surface area contributed by atoms with Crippen LogP contribution in [0.15, 0.2) is 0 Å². The number of hydrogen-bond acceptors (Lipinski definition) is 2. The standard InChI is InChI=1S/C12H21N3O/c1-4-15(3)8-6-5-7-14-12(16)10-9-11(10)13-2/h10-11H,4-9H2,1,3H3,(H,14,16). The summed E-state index contributed by atoms with van der Waals surface area (Å²) in [6.45, 7) is 11.8. The molecule has 2 atom stereocenters. The monoisotopic (exact) mass is 223 g/mol. The molecule has 1 fully saturated rings. The first-order valence-corrected chi connectivity index (χ1v) is 6.01. The Morgan fingerprint density at radius 2 is 2.31 bits per heavy atom. The van der Waals surface area contributed by atoms with Gasteiger partial charge in [0.25, 0.3) is 0 Å². The van der Waals surface area contributed by atoms with E-state index in [1.165, 1.54) is 0 Å². The lowest BCUT2D eigenvalue weighted by Gasteiger charge is -2.13. The molecule has 0 radical (unpaired) electrons. The van der Waals surface area contributed by atoms with Crippen LogP contribution in [0.5, 0.6) is 0 Å². The average molecular weight is 223 g/mol. The van der Waals surface area contributed by atoms with E-state index >= 15 is 0 Å². The van der Waals surface area contributed by atoms with Gasteiger partial charge in [0, 0.05) is 13.0 Å². The third-order valence-corrected chi connectivity index (χ3v) is 3.07. The molecule has 4 heteroatoms. The van der Waals surface area contributed by atoms with Gasteiger partial charge in [0.15, 0.2) is 0 Å². The van der Waals surface area contributed by atoms with Crippen LogP contribution in [0.2, 0.25) is 0 Å². The van der Waals surface area contributed by atoms with Gasteiger partial charge in [-0.1, -0.05) is 6.92 Å². The van der Waals surface area contributed by atoms with Crippen LogP contribution in [0, 0.1) is 12.5 Å². The number of nitrogens with one attached hydrogen (secondary N) is 1. The zero-order chi connectivity index (χ0) is 12.0. The van der Waals surface area contributed by atoms with E-state index in [2.05, 4.69) is 29.0 Å². The molecule has 0 aromatic carbocycles. The van der Waals surface area contributed by atoms with Crippen LogP contribution in [-0.4, -0.2) is 43.5 Å². The van der Waals surface area contributed by atoms with Crippen molar-refractivity contribution in [1.82, 2.24) is 10.2 Å². The highest BCUT2D eigenvalue weighted by atomic mass is 16.2. The zero-order valence-corrected chi connectivity index (χ0v) is 10.2. The molecule has 1 rings (SSSR count). The fraction of sp³-hybridized carbons (Fsp3) is 0.833. The Hall–Kier alpha value is -1.08. The van der Waals surface area contributed by atoms with Gasteiger partial charge in [0.2, 0.25) is 11.9 Å². The molecule has 0 heterocycles. The first-order chi connectivity index (χ1) is 7.69. The Kier molecular flexibility index (Phi) is 5.27. The summed E-state index contributed by atoms with van der Waals surface area (Å²) in [6, 6.07) is -0.0359. The minimum absolute atomic E-state index is 0.0178. The fourth-order valence-corrected chi connectivity index (χ4v) is 1.61. The van der Waals surface area contributed by atoms with E-state index in [4.69, 9.17) is 6.57 Å². The summed E-state index contributed by atoms with van der Waals surface area (Å²) in [6.07, 6.45) is 2.89. The zero-order valence-electron chi connectivity index (χ0n) is 10.2. The van der Waals surface area contributed by atoms with Gasteiger partial charge < -0.3 is 15.1 Å². The molecule has 4 nitrogen and oxygen atoms in total. The second-order valence-corrected chi connectivity index (χ2v) is 4.43. The van der Waals surface area contributed by atoms with Crippen molar-refractivity contribution in [3.63, 3.8) is 0 Å². The Morgan fingerprint density at radius 1 is 1.56 bits per heavy atom. The van der Waals surface area contributed by atoms with E-state index in [1.54, 1.807) is 0 Å². The summed E-state index contributed by atoms with van der Waals surface area (Å²) in [5, 5.41) is 2.90. The number of unbranched alkanes of at least 4 members (excludes halogenated alkanes) is 1. The number of hydrogen-bond donors (Lipinski definition) is 1. The summed E-state index contributed by atoms with van der Waals surface area (Å²) in [7, 11) is 2.10. The second-order valence-electron chi connectivity index (χ2n) is 4.43. The van der Waals surface area contributed by atoms with E-state index in [1.807, 2.05) is 0 Å². The topological polar surface area (TPSA) is 36.7 Å². The van der Waals surface area contributed by atoms with Gasteiger partial charge in [-0.3, -0.25) is 4.79 Å². The van der Waals surface area contributed by atoms with Crippen LogP contribution in [0.25, 0.3) is 4.85 Å². The Labute approximate surface area is 97.8 Å². The number of nitrogens with zero attached hydrogens (tertiary/aromatic N) is 2. The van der Waals surface area contributed by atoms with Crippen molar-refractivity contribution in [2.45, 2.75) is 32.2 Å². The van der Waals surface area contributed by atoms with Crippen molar-refractivity contribution < 1.29 is 4.79 Å². The summed E-state index contributed by atoms with van der Waals surface area (Å²) in [5.41, 5.74) is 0. The molecule has 2 unspecified atom stereocenters. The molecular weight excluding hydrogens is 202 g/mol. The van der Waals surface area contributed by atoms with Gasteiger partial charge in [0.1, 0.15) is 5.92 Å². The average Bonchev–Trinajstić information content (AvgIpc) is 3.07. The molecule has 0 bridgehead atoms. The van der Waals surface area contributed by atoms with E-state index in [9.17, 15) is 4.79 Å².